The third-order valence-electron chi connectivity index (χ3n) is 1.41. The molecule has 0 amide bonds. The molecule has 1 aromatic rings. The molecule has 1 aromatic heterocycles. The summed E-state index contributed by atoms with van der Waals surface area (Å²) in [5.41, 5.74) is 3.13. The van der Waals surface area contributed by atoms with E-state index in [4.69, 9.17) is 0 Å². The second-order valence-electron chi connectivity index (χ2n) is 2.52. The number of nitrogens with one attached hydrogen (secondary N) is 1. The highest BCUT2D eigenvalue weighted by Gasteiger charge is 1.98. The van der Waals surface area contributed by atoms with Crippen LogP contribution in [0, 0.1) is 6.92 Å². The number of hydrogen-bond acceptors (Lipinski definition) is 3. The van der Waals surface area contributed by atoms with Crippen LogP contribution in [0.2, 0.25) is 0 Å². The minimum absolute atomic E-state index is 0.397. The molecule has 4 heteroatoms. The lowest BCUT2D eigenvalue weighted by Gasteiger charge is -2.12. The average molecular weight is 153 g/mol. The smallest absolute Gasteiger partial charge is 0.0715 e. The van der Waals surface area contributed by atoms with Gasteiger partial charge < -0.3 is 5.43 Å². The number of aromatic nitrogens is 3. The predicted molar refractivity (Wildman–Crippen MR) is 43.4 cm³/mol. The van der Waals surface area contributed by atoms with E-state index in [1.807, 2.05) is 0 Å². The van der Waals surface area contributed by atoms with E-state index in [-0.39, 0.29) is 0 Å². The number of nitrogens with zero attached hydrogens (tertiary/aromatic N) is 3. The zero-order valence-corrected chi connectivity index (χ0v) is 6.70. The van der Waals surface area contributed by atoms with Crippen LogP contribution in [0.25, 0.3) is 0 Å². The minimum atomic E-state index is 0.397. The van der Waals surface area contributed by atoms with Gasteiger partial charge in [-0.3, -0.25) is 0 Å². The molecule has 0 bridgehead atoms. The summed E-state index contributed by atoms with van der Waals surface area (Å²) in [5, 5.41) is 7.44. The minimum Gasteiger partial charge on any atom is -0.306 e. The van der Waals surface area contributed by atoms with Gasteiger partial charge in [-0.1, -0.05) is 13.3 Å². The molecular weight excluding hydrogens is 140 g/mol. The highest BCUT2D eigenvalue weighted by molar-refractivity contribution is 4.77. The molecule has 0 spiro atoms. The van der Waals surface area contributed by atoms with Crippen molar-refractivity contribution in [2.75, 3.05) is 5.43 Å². The van der Waals surface area contributed by atoms with Gasteiger partial charge in [-0.05, 0) is 18.6 Å². The second kappa shape index (κ2) is 3.95. The van der Waals surface area contributed by atoms with Gasteiger partial charge in [-0.15, -0.1) is 5.10 Å². The van der Waals surface area contributed by atoms with E-state index in [2.05, 4.69) is 29.6 Å². The van der Waals surface area contributed by atoms with Crippen LogP contribution >= 0.6 is 0 Å². The van der Waals surface area contributed by atoms with Crippen LogP contribution < -0.4 is 5.43 Å². The largest absolute Gasteiger partial charge is 0.306 e. The fourth-order valence-corrected chi connectivity index (χ4v) is 0.874. The van der Waals surface area contributed by atoms with Crippen LogP contribution in [-0.2, 0) is 0 Å². The molecular formula is C7H13N4. The first-order chi connectivity index (χ1) is 5.33. The molecule has 0 aliphatic heterocycles. The summed E-state index contributed by atoms with van der Waals surface area (Å²) >= 11 is 0. The average Bonchev–Trinajstić information content (AvgIpc) is 2.40. The van der Waals surface area contributed by atoms with Crippen LogP contribution in [0.5, 0.6) is 0 Å². The Kier molecular flexibility index (Phi) is 2.89. The quantitative estimate of drug-likeness (QED) is 0.696. The van der Waals surface area contributed by atoms with E-state index < -0.39 is 0 Å². The van der Waals surface area contributed by atoms with Crippen molar-refractivity contribution in [3.05, 3.63) is 19.3 Å². The molecule has 61 valence electrons. The standard InChI is InChI=1S/C7H13N4/c1-3-4-7(2)9-11-6-5-8-10-11/h5-7,9H,1,3-4H2,2H3. The van der Waals surface area contributed by atoms with Crippen molar-refractivity contribution in [1.82, 2.24) is 15.1 Å². The maximum absolute atomic E-state index is 3.77. The maximum atomic E-state index is 3.77. The monoisotopic (exact) mass is 153 g/mol. The molecule has 0 aliphatic carbocycles. The van der Waals surface area contributed by atoms with Crippen LogP contribution in [-0.4, -0.2) is 21.1 Å². The lowest BCUT2D eigenvalue weighted by atomic mass is 10.2. The van der Waals surface area contributed by atoms with E-state index in [1.165, 1.54) is 0 Å². The molecule has 0 fully saturated rings. The summed E-state index contributed by atoms with van der Waals surface area (Å²) < 4.78 is 0. The van der Waals surface area contributed by atoms with Crippen LogP contribution in [0.3, 0.4) is 0 Å². The lowest BCUT2D eigenvalue weighted by Crippen LogP contribution is -2.25. The topological polar surface area (TPSA) is 42.7 Å². The summed E-state index contributed by atoms with van der Waals surface area (Å²) in [4.78, 5) is 1.61. The zero-order chi connectivity index (χ0) is 8.10. The Bertz CT molecular complexity index is 182. The van der Waals surface area contributed by atoms with E-state index in [1.54, 1.807) is 17.2 Å². The summed E-state index contributed by atoms with van der Waals surface area (Å²) in [6.07, 6.45) is 5.40. The van der Waals surface area contributed by atoms with Gasteiger partial charge >= 0.3 is 0 Å². The van der Waals surface area contributed by atoms with Crippen molar-refractivity contribution in [1.29, 1.82) is 0 Å². The number of rotatable bonds is 4. The summed E-state index contributed by atoms with van der Waals surface area (Å²) in [6.45, 7) is 5.86. The summed E-state index contributed by atoms with van der Waals surface area (Å²) in [6, 6.07) is 0.397. The molecule has 1 heterocycles. The van der Waals surface area contributed by atoms with Crippen molar-refractivity contribution < 1.29 is 0 Å². The van der Waals surface area contributed by atoms with Gasteiger partial charge in [0.25, 0.3) is 0 Å². The molecule has 0 aliphatic rings. The molecule has 1 atom stereocenters. The van der Waals surface area contributed by atoms with E-state index in [0.717, 1.165) is 12.8 Å². The van der Waals surface area contributed by atoms with Crippen LogP contribution in [0.15, 0.2) is 12.4 Å². The van der Waals surface area contributed by atoms with Gasteiger partial charge in [0, 0.05) is 6.04 Å². The normalized spacial score (nSPS) is 12.9. The summed E-state index contributed by atoms with van der Waals surface area (Å²) in [7, 11) is 0. The molecule has 4 nitrogen and oxygen atoms in total. The molecule has 0 saturated carbocycles. The Morgan fingerprint density at radius 3 is 3.09 bits per heavy atom. The van der Waals surface area contributed by atoms with Crippen LogP contribution in [0.1, 0.15) is 19.8 Å². The molecule has 11 heavy (non-hydrogen) atoms. The zero-order valence-electron chi connectivity index (χ0n) is 6.70. The SMILES string of the molecule is [CH2]CCC(C)Nn1ccnn1. The third-order valence-corrected chi connectivity index (χ3v) is 1.41. The van der Waals surface area contributed by atoms with E-state index in [9.17, 15) is 0 Å². The second-order valence-corrected chi connectivity index (χ2v) is 2.52. The third kappa shape index (κ3) is 2.57. The highest BCUT2D eigenvalue weighted by Crippen LogP contribution is 1.94. The molecule has 0 aromatic carbocycles. The van der Waals surface area contributed by atoms with Crippen molar-refractivity contribution >= 4 is 0 Å². The molecule has 1 rings (SSSR count). The Hall–Kier alpha value is -1.06. The number of hydrogen-bond donors (Lipinski definition) is 1. The van der Waals surface area contributed by atoms with Crippen LogP contribution in [0.4, 0.5) is 0 Å². The predicted octanol–water partition coefficient (Wildman–Crippen LogP) is 0.824. The van der Waals surface area contributed by atoms with Crippen molar-refractivity contribution in [3.8, 4) is 0 Å². The first-order valence-corrected chi connectivity index (χ1v) is 3.75. The van der Waals surface area contributed by atoms with Gasteiger partial charge in [0.15, 0.2) is 0 Å². The Balaban J connectivity index is 2.31. The highest BCUT2D eigenvalue weighted by atomic mass is 15.6. The molecule has 1 radical (unpaired) electrons. The first-order valence-electron chi connectivity index (χ1n) is 3.75. The first kappa shape index (κ1) is 8.04. The van der Waals surface area contributed by atoms with Gasteiger partial charge in [0.2, 0.25) is 0 Å². The molecule has 1 N–H and O–H groups in total. The van der Waals surface area contributed by atoms with E-state index >= 15 is 0 Å². The Labute approximate surface area is 66.6 Å². The summed E-state index contributed by atoms with van der Waals surface area (Å²) in [5.74, 6) is 0. The Morgan fingerprint density at radius 2 is 2.55 bits per heavy atom. The van der Waals surface area contributed by atoms with Gasteiger partial charge in [0.1, 0.15) is 0 Å². The maximum Gasteiger partial charge on any atom is 0.0715 e. The van der Waals surface area contributed by atoms with Crippen molar-refractivity contribution in [3.63, 3.8) is 0 Å². The fraction of sp³-hybridized carbons (Fsp3) is 0.571. The van der Waals surface area contributed by atoms with Crippen molar-refractivity contribution in [2.45, 2.75) is 25.8 Å². The fourth-order valence-electron chi connectivity index (χ4n) is 0.874. The van der Waals surface area contributed by atoms with Crippen molar-refractivity contribution in [2.24, 2.45) is 0 Å². The van der Waals surface area contributed by atoms with Gasteiger partial charge in [-0.25, -0.2) is 0 Å². The molecule has 0 saturated heterocycles. The molecule has 1 unspecified atom stereocenters. The van der Waals surface area contributed by atoms with E-state index in [0.29, 0.717) is 6.04 Å². The lowest BCUT2D eigenvalue weighted by molar-refractivity contribution is 0.587. The van der Waals surface area contributed by atoms with Gasteiger partial charge in [-0.2, -0.15) is 4.79 Å². The Morgan fingerprint density at radius 1 is 1.73 bits per heavy atom. The van der Waals surface area contributed by atoms with Gasteiger partial charge in [0.05, 0.1) is 12.4 Å².